The Bertz CT molecular complexity index is 758. The van der Waals surface area contributed by atoms with Gasteiger partial charge in [-0.25, -0.2) is 4.98 Å². The number of aryl methyl sites for hydroxylation is 1. The maximum atomic E-state index is 5.78. The first kappa shape index (κ1) is 21.5. The normalized spacial score (nSPS) is 10.5. The van der Waals surface area contributed by atoms with Gasteiger partial charge in [0.1, 0.15) is 5.65 Å². The number of aromatic nitrogens is 2. The largest absolute Gasteiger partial charge is 0.329 e. The summed E-state index contributed by atoms with van der Waals surface area (Å²) in [5.74, 6) is 0. The number of halogens is 2. The van der Waals surface area contributed by atoms with Crippen LogP contribution >= 0.6 is 24.8 Å². The molecule has 0 aliphatic heterocycles. The number of fused-ring (bicyclic) bond motifs is 1. The zero-order chi connectivity index (χ0) is 16.1. The summed E-state index contributed by atoms with van der Waals surface area (Å²) in [4.78, 5) is 7.11. The van der Waals surface area contributed by atoms with Gasteiger partial charge >= 0.3 is 0 Å². The molecule has 2 N–H and O–H groups in total. The van der Waals surface area contributed by atoms with Crippen LogP contribution in [0.5, 0.6) is 0 Å². The van der Waals surface area contributed by atoms with Crippen LogP contribution in [0.25, 0.3) is 5.65 Å². The number of pyridine rings is 1. The SMILES string of the molecule is Cc1cccc2nc(CN(CCN)CCc3ccccc3)cn12.Cl.Cl. The van der Waals surface area contributed by atoms with Crippen molar-refractivity contribution in [3.05, 3.63) is 71.7 Å². The molecule has 0 aliphatic rings. The molecular weight excluding hydrogens is 355 g/mol. The lowest BCUT2D eigenvalue weighted by Gasteiger charge is -2.20. The summed E-state index contributed by atoms with van der Waals surface area (Å²) in [6.07, 6.45) is 3.17. The van der Waals surface area contributed by atoms with Crippen molar-refractivity contribution in [1.82, 2.24) is 14.3 Å². The summed E-state index contributed by atoms with van der Waals surface area (Å²) in [7, 11) is 0. The standard InChI is InChI=1S/C19H24N4.2ClH/c1-16-6-5-9-19-21-18(15-23(16)19)14-22(13-11-20)12-10-17-7-3-2-4-8-17;;/h2-9,15H,10-14,20H2,1H3;2*1H. The Hall–Kier alpha value is -1.59. The fourth-order valence-corrected chi connectivity index (χ4v) is 2.89. The van der Waals surface area contributed by atoms with Crippen LogP contribution in [0.4, 0.5) is 0 Å². The molecule has 0 spiro atoms. The summed E-state index contributed by atoms with van der Waals surface area (Å²) in [5, 5.41) is 0. The maximum absolute atomic E-state index is 5.78. The Labute approximate surface area is 161 Å². The molecule has 1 aromatic carbocycles. The van der Waals surface area contributed by atoms with Crippen LogP contribution in [0.1, 0.15) is 17.0 Å². The fraction of sp³-hybridized carbons (Fsp3) is 0.316. The summed E-state index contributed by atoms with van der Waals surface area (Å²) in [5.41, 5.74) is 10.5. The van der Waals surface area contributed by atoms with Gasteiger partial charge in [-0.2, -0.15) is 0 Å². The number of hydrogen-bond acceptors (Lipinski definition) is 3. The van der Waals surface area contributed by atoms with Crippen molar-refractivity contribution in [3.8, 4) is 0 Å². The van der Waals surface area contributed by atoms with Crippen LogP contribution in [-0.2, 0) is 13.0 Å². The van der Waals surface area contributed by atoms with Crippen molar-refractivity contribution in [2.45, 2.75) is 19.9 Å². The molecule has 0 unspecified atom stereocenters. The fourth-order valence-electron chi connectivity index (χ4n) is 2.89. The summed E-state index contributed by atoms with van der Waals surface area (Å²) >= 11 is 0. The average molecular weight is 381 g/mol. The number of imidazole rings is 1. The molecular formula is C19H26Cl2N4. The molecule has 3 aromatic rings. The molecule has 0 amide bonds. The van der Waals surface area contributed by atoms with Crippen LogP contribution in [-0.4, -0.2) is 33.9 Å². The molecule has 25 heavy (non-hydrogen) atoms. The Morgan fingerprint density at radius 2 is 1.76 bits per heavy atom. The molecule has 3 rings (SSSR count). The molecule has 0 radical (unpaired) electrons. The van der Waals surface area contributed by atoms with Gasteiger partial charge in [-0.1, -0.05) is 36.4 Å². The molecule has 136 valence electrons. The summed E-state index contributed by atoms with van der Waals surface area (Å²) < 4.78 is 2.15. The Morgan fingerprint density at radius 3 is 2.44 bits per heavy atom. The molecule has 0 saturated heterocycles. The van der Waals surface area contributed by atoms with Gasteiger partial charge in [0.2, 0.25) is 0 Å². The van der Waals surface area contributed by atoms with Gasteiger partial charge in [0.25, 0.3) is 0 Å². The first-order valence-corrected chi connectivity index (χ1v) is 8.16. The third kappa shape index (κ3) is 5.72. The van der Waals surface area contributed by atoms with Crippen molar-refractivity contribution in [1.29, 1.82) is 0 Å². The van der Waals surface area contributed by atoms with E-state index in [4.69, 9.17) is 10.7 Å². The van der Waals surface area contributed by atoms with Crippen molar-refractivity contribution in [2.75, 3.05) is 19.6 Å². The first-order chi connectivity index (χ1) is 11.3. The molecule has 2 aromatic heterocycles. The lowest BCUT2D eigenvalue weighted by molar-refractivity contribution is 0.273. The number of rotatable bonds is 7. The number of nitrogens with zero attached hydrogens (tertiary/aromatic N) is 3. The highest BCUT2D eigenvalue weighted by Gasteiger charge is 2.09. The maximum Gasteiger partial charge on any atom is 0.137 e. The van der Waals surface area contributed by atoms with E-state index in [0.29, 0.717) is 6.54 Å². The predicted molar refractivity (Wildman–Crippen MR) is 109 cm³/mol. The molecule has 2 heterocycles. The number of benzene rings is 1. The summed E-state index contributed by atoms with van der Waals surface area (Å²) in [6.45, 7) is 5.49. The first-order valence-electron chi connectivity index (χ1n) is 8.16. The molecule has 6 heteroatoms. The third-order valence-electron chi connectivity index (χ3n) is 4.14. The van der Waals surface area contributed by atoms with Gasteiger partial charge in [-0.15, -0.1) is 24.8 Å². The zero-order valence-electron chi connectivity index (χ0n) is 14.5. The van der Waals surface area contributed by atoms with E-state index in [0.717, 1.165) is 37.4 Å². The van der Waals surface area contributed by atoms with Crippen molar-refractivity contribution >= 4 is 30.5 Å². The predicted octanol–water partition coefficient (Wildman–Crippen LogP) is 3.49. The van der Waals surface area contributed by atoms with Crippen LogP contribution in [0, 0.1) is 6.92 Å². The highest BCUT2D eigenvalue weighted by molar-refractivity contribution is 5.85. The van der Waals surface area contributed by atoms with Crippen molar-refractivity contribution in [2.24, 2.45) is 5.73 Å². The number of nitrogens with two attached hydrogens (primary N) is 1. The van der Waals surface area contributed by atoms with Gasteiger partial charge in [-0.3, -0.25) is 4.90 Å². The van der Waals surface area contributed by atoms with Crippen LogP contribution in [0.2, 0.25) is 0 Å². The monoisotopic (exact) mass is 380 g/mol. The van der Waals surface area contributed by atoms with E-state index in [1.165, 1.54) is 11.3 Å². The van der Waals surface area contributed by atoms with E-state index in [1.807, 2.05) is 6.07 Å². The van der Waals surface area contributed by atoms with Crippen molar-refractivity contribution < 1.29 is 0 Å². The Morgan fingerprint density at radius 1 is 1.00 bits per heavy atom. The molecule has 0 atom stereocenters. The second-order valence-electron chi connectivity index (χ2n) is 5.93. The van der Waals surface area contributed by atoms with E-state index in [9.17, 15) is 0 Å². The minimum atomic E-state index is 0. The van der Waals surface area contributed by atoms with Crippen LogP contribution in [0.15, 0.2) is 54.7 Å². The smallest absolute Gasteiger partial charge is 0.137 e. The quantitative estimate of drug-likeness (QED) is 0.682. The second-order valence-corrected chi connectivity index (χ2v) is 5.93. The molecule has 4 nitrogen and oxygen atoms in total. The van der Waals surface area contributed by atoms with E-state index in [-0.39, 0.29) is 24.8 Å². The van der Waals surface area contributed by atoms with E-state index < -0.39 is 0 Å². The Balaban J connectivity index is 0.00000156. The minimum absolute atomic E-state index is 0. The Kier molecular flexibility index (Phi) is 8.93. The lowest BCUT2D eigenvalue weighted by atomic mass is 10.1. The van der Waals surface area contributed by atoms with E-state index >= 15 is 0 Å². The highest BCUT2D eigenvalue weighted by atomic mass is 35.5. The van der Waals surface area contributed by atoms with Crippen LogP contribution in [0.3, 0.4) is 0 Å². The summed E-state index contributed by atoms with van der Waals surface area (Å²) in [6, 6.07) is 16.8. The van der Waals surface area contributed by atoms with Crippen molar-refractivity contribution in [3.63, 3.8) is 0 Å². The van der Waals surface area contributed by atoms with E-state index in [1.54, 1.807) is 0 Å². The van der Waals surface area contributed by atoms with Gasteiger partial charge in [-0.05, 0) is 31.0 Å². The molecule has 0 fully saturated rings. The zero-order valence-corrected chi connectivity index (χ0v) is 16.1. The van der Waals surface area contributed by atoms with Gasteiger partial charge in [0.15, 0.2) is 0 Å². The topological polar surface area (TPSA) is 46.6 Å². The van der Waals surface area contributed by atoms with Gasteiger partial charge < -0.3 is 10.1 Å². The molecule has 0 bridgehead atoms. The molecule has 0 aliphatic carbocycles. The second kappa shape index (κ2) is 10.4. The molecule has 0 saturated carbocycles. The minimum Gasteiger partial charge on any atom is -0.329 e. The lowest BCUT2D eigenvalue weighted by Crippen LogP contribution is -2.31. The van der Waals surface area contributed by atoms with Crippen LogP contribution < -0.4 is 5.73 Å². The third-order valence-corrected chi connectivity index (χ3v) is 4.14. The number of hydrogen-bond donors (Lipinski definition) is 1. The highest BCUT2D eigenvalue weighted by Crippen LogP contribution is 2.11. The average Bonchev–Trinajstić information content (AvgIpc) is 2.98. The van der Waals surface area contributed by atoms with Gasteiger partial charge in [0.05, 0.1) is 5.69 Å². The van der Waals surface area contributed by atoms with E-state index in [2.05, 4.69) is 64.9 Å². The van der Waals surface area contributed by atoms with Gasteiger partial charge in [0, 0.05) is 38.1 Å².